The Morgan fingerprint density at radius 1 is 0.970 bits per heavy atom. The normalized spacial score (nSPS) is 14.3. The average molecular weight is 473 g/mol. The van der Waals surface area contributed by atoms with Crippen LogP contribution in [0.2, 0.25) is 5.02 Å². The van der Waals surface area contributed by atoms with E-state index in [-0.39, 0.29) is 23.9 Å². The van der Waals surface area contributed by atoms with E-state index in [4.69, 9.17) is 16.3 Å². The van der Waals surface area contributed by atoms with Crippen molar-refractivity contribution in [1.82, 2.24) is 20.7 Å². The van der Waals surface area contributed by atoms with Crippen molar-refractivity contribution in [1.29, 1.82) is 0 Å². The second-order valence-corrected chi connectivity index (χ2v) is 8.25. The molecule has 0 atom stereocenters. The van der Waals surface area contributed by atoms with Crippen molar-refractivity contribution < 1.29 is 19.1 Å². The van der Waals surface area contributed by atoms with Crippen LogP contribution in [-0.4, -0.2) is 67.4 Å². The van der Waals surface area contributed by atoms with Crippen LogP contribution in [0.3, 0.4) is 0 Å². The molecule has 1 fully saturated rings. The molecule has 176 valence electrons. The van der Waals surface area contributed by atoms with Crippen LogP contribution in [0.25, 0.3) is 0 Å². The molecule has 0 aliphatic carbocycles. The molecule has 0 spiro atoms. The first-order valence-corrected chi connectivity index (χ1v) is 11.3. The number of ether oxygens (including phenoxy) is 1. The first kappa shape index (κ1) is 24.5. The van der Waals surface area contributed by atoms with E-state index < -0.39 is 5.91 Å². The van der Waals surface area contributed by atoms with Gasteiger partial charge in [0.2, 0.25) is 5.91 Å². The number of aryl methyl sites for hydroxylation is 1. The highest BCUT2D eigenvalue weighted by Crippen LogP contribution is 2.15. The molecule has 0 radical (unpaired) electrons. The Morgan fingerprint density at radius 3 is 2.45 bits per heavy atom. The van der Waals surface area contributed by atoms with Gasteiger partial charge in [0, 0.05) is 32.6 Å². The van der Waals surface area contributed by atoms with Crippen molar-refractivity contribution >= 4 is 29.3 Å². The van der Waals surface area contributed by atoms with Crippen LogP contribution in [0, 0.1) is 0 Å². The molecule has 0 aromatic heterocycles. The predicted octanol–water partition coefficient (Wildman–Crippen LogP) is 2.28. The van der Waals surface area contributed by atoms with Gasteiger partial charge in [-0.1, -0.05) is 35.9 Å². The summed E-state index contributed by atoms with van der Waals surface area (Å²) in [6.45, 7) is 2.68. The molecule has 1 aliphatic heterocycles. The molecule has 2 aromatic carbocycles. The van der Waals surface area contributed by atoms with Gasteiger partial charge in [-0.2, -0.15) is 0 Å². The summed E-state index contributed by atoms with van der Waals surface area (Å²) in [5.41, 5.74) is 6.20. The van der Waals surface area contributed by atoms with E-state index in [1.807, 2.05) is 34.1 Å². The number of amides is 3. The summed E-state index contributed by atoms with van der Waals surface area (Å²) in [7, 11) is 1.63. The number of nitrogens with one attached hydrogen (secondary N) is 2. The molecular formula is C24H29ClN4O4. The van der Waals surface area contributed by atoms with Crippen molar-refractivity contribution in [3.05, 3.63) is 64.7 Å². The maximum atomic E-state index is 12.7. The Kier molecular flexibility index (Phi) is 9.09. The molecule has 0 bridgehead atoms. The third kappa shape index (κ3) is 7.47. The lowest BCUT2D eigenvalue weighted by Gasteiger charge is -2.22. The van der Waals surface area contributed by atoms with E-state index in [0.29, 0.717) is 44.0 Å². The summed E-state index contributed by atoms with van der Waals surface area (Å²) in [6, 6.07) is 14.3. The van der Waals surface area contributed by atoms with Crippen LogP contribution in [-0.2, 0) is 16.0 Å². The largest absolute Gasteiger partial charge is 0.497 e. The van der Waals surface area contributed by atoms with Crippen LogP contribution in [0.1, 0.15) is 28.8 Å². The van der Waals surface area contributed by atoms with E-state index in [1.165, 1.54) is 0 Å². The quantitative estimate of drug-likeness (QED) is 0.603. The summed E-state index contributed by atoms with van der Waals surface area (Å²) < 4.78 is 5.16. The highest BCUT2D eigenvalue weighted by molar-refractivity contribution is 6.33. The number of benzene rings is 2. The zero-order valence-electron chi connectivity index (χ0n) is 18.7. The Balaban J connectivity index is 1.39. The van der Waals surface area contributed by atoms with Crippen LogP contribution in [0.4, 0.5) is 0 Å². The van der Waals surface area contributed by atoms with Gasteiger partial charge in [0.25, 0.3) is 11.8 Å². The molecule has 8 nitrogen and oxygen atoms in total. The Bertz CT molecular complexity index is 967. The Hall–Kier alpha value is -3.10. The lowest BCUT2D eigenvalue weighted by molar-refractivity contribution is -0.131. The fourth-order valence-corrected chi connectivity index (χ4v) is 3.88. The smallest absolute Gasteiger partial charge is 0.271 e. The van der Waals surface area contributed by atoms with Crippen LogP contribution in [0.15, 0.2) is 48.5 Å². The summed E-state index contributed by atoms with van der Waals surface area (Å²) in [6.07, 6.45) is 1.91. The fraction of sp³-hybridized carbons (Fsp3) is 0.375. The summed E-state index contributed by atoms with van der Waals surface area (Å²) in [5, 5.41) is 0.313. The second kappa shape index (κ2) is 12.2. The van der Waals surface area contributed by atoms with Crippen LogP contribution < -0.4 is 15.6 Å². The van der Waals surface area contributed by atoms with Gasteiger partial charge in [0.1, 0.15) is 5.75 Å². The molecule has 1 aliphatic rings. The SMILES string of the molecule is COc1ccc(CCC(=O)N2CCCN(CC(=O)NNC(=O)c3ccccc3Cl)CC2)cc1. The molecule has 0 saturated carbocycles. The highest BCUT2D eigenvalue weighted by atomic mass is 35.5. The number of carbonyl (C=O) groups is 3. The topological polar surface area (TPSA) is 91.0 Å². The van der Waals surface area contributed by atoms with Crippen molar-refractivity contribution in [3.63, 3.8) is 0 Å². The van der Waals surface area contributed by atoms with Crippen molar-refractivity contribution in [2.45, 2.75) is 19.3 Å². The van der Waals surface area contributed by atoms with Gasteiger partial charge in [-0.05, 0) is 42.7 Å². The molecule has 33 heavy (non-hydrogen) atoms. The van der Waals surface area contributed by atoms with Gasteiger partial charge >= 0.3 is 0 Å². The van der Waals surface area contributed by atoms with Gasteiger partial charge in [-0.15, -0.1) is 0 Å². The molecule has 0 unspecified atom stereocenters. The molecule has 2 aromatic rings. The minimum atomic E-state index is -0.474. The van der Waals surface area contributed by atoms with Gasteiger partial charge in [0.05, 0.1) is 24.2 Å². The summed E-state index contributed by atoms with van der Waals surface area (Å²) in [4.78, 5) is 40.9. The third-order valence-corrected chi connectivity index (χ3v) is 5.86. The maximum Gasteiger partial charge on any atom is 0.271 e. The van der Waals surface area contributed by atoms with Crippen LogP contribution >= 0.6 is 11.6 Å². The van der Waals surface area contributed by atoms with E-state index in [2.05, 4.69) is 10.9 Å². The molecule has 9 heteroatoms. The number of hydrogen-bond donors (Lipinski definition) is 2. The van der Waals surface area contributed by atoms with E-state index in [1.54, 1.807) is 31.4 Å². The van der Waals surface area contributed by atoms with Gasteiger partial charge in [-0.3, -0.25) is 30.1 Å². The molecule has 2 N–H and O–H groups in total. The first-order valence-electron chi connectivity index (χ1n) is 10.9. The standard InChI is InChI=1S/C24H29ClN4O4/c1-33-19-10-7-18(8-11-19)9-12-23(31)29-14-4-13-28(15-16-29)17-22(30)26-27-24(32)20-5-2-3-6-21(20)25/h2-3,5-8,10-11H,4,9,12-17H2,1H3,(H,26,30)(H,27,32). The number of rotatable bonds is 7. The molecule has 3 rings (SSSR count). The van der Waals surface area contributed by atoms with E-state index in [0.717, 1.165) is 17.7 Å². The average Bonchev–Trinajstić information content (AvgIpc) is 3.07. The van der Waals surface area contributed by atoms with Gasteiger partial charge in [-0.25, -0.2) is 0 Å². The third-order valence-electron chi connectivity index (χ3n) is 5.53. The predicted molar refractivity (Wildman–Crippen MR) is 126 cm³/mol. The van der Waals surface area contributed by atoms with Gasteiger partial charge in [0.15, 0.2) is 0 Å². The molecule has 3 amide bonds. The number of nitrogens with zero attached hydrogens (tertiary/aromatic N) is 2. The number of methoxy groups -OCH3 is 1. The lowest BCUT2D eigenvalue weighted by Crippen LogP contribution is -2.47. The van der Waals surface area contributed by atoms with Crippen molar-refractivity contribution in [3.8, 4) is 5.75 Å². The van der Waals surface area contributed by atoms with Gasteiger partial charge < -0.3 is 9.64 Å². The highest BCUT2D eigenvalue weighted by Gasteiger charge is 2.20. The van der Waals surface area contributed by atoms with Crippen molar-refractivity contribution in [2.24, 2.45) is 0 Å². The molecule has 1 heterocycles. The Morgan fingerprint density at radius 2 is 1.73 bits per heavy atom. The minimum absolute atomic E-state index is 0.115. The first-order chi connectivity index (χ1) is 16.0. The van der Waals surface area contributed by atoms with E-state index in [9.17, 15) is 14.4 Å². The van der Waals surface area contributed by atoms with Crippen molar-refractivity contribution in [2.75, 3.05) is 39.8 Å². The fourth-order valence-electron chi connectivity index (χ4n) is 3.66. The summed E-state index contributed by atoms with van der Waals surface area (Å²) in [5.74, 6) is 0.113. The lowest BCUT2D eigenvalue weighted by atomic mass is 10.1. The minimum Gasteiger partial charge on any atom is -0.497 e. The van der Waals surface area contributed by atoms with Crippen LogP contribution in [0.5, 0.6) is 5.75 Å². The molecular weight excluding hydrogens is 444 g/mol. The number of carbonyl (C=O) groups excluding carboxylic acids is 3. The number of hydrazine groups is 1. The second-order valence-electron chi connectivity index (χ2n) is 7.84. The molecule has 1 saturated heterocycles. The maximum absolute atomic E-state index is 12.7. The monoisotopic (exact) mass is 472 g/mol. The zero-order valence-corrected chi connectivity index (χ0v) is 19.4. The van der Waals surface area contributed by atoms with E-state index >= 15 is 0 Å². The summed E-state index contributed by atoms with van der Waals surface area (Å²) >= 11 is 6.00. The Labute approximate surface area is 198 Å². The number of hydrogen-bond acceptors (Lipinski definition) is 5. The zero-order chi connectivity index (χ0) is 23.6. The number of halogens is 1.